The van der Waals surface area contributed by atoms with Crippen molar-refractivity contribution in [2.75, 3.05) is 0 Å². The molecule has 0 aliphatic rings. The fraction of sp³-hybridized carbons (Fsp3) is 0. The molecule has 0 heterocycles. The van der Waals surface area contributed by atoms with Crippen LogP contribution in [-0.2, 0) is 0 Å². The zero-order valence-corrected chi connectivity index (χ0v) is 5.21. The van der Waals surface area contributed by atoms with E-state index in [1.165, 1.54) is 0 Å². The van der Waals surface area contributed by atoms with Gasteiger partial charge in [-0.15, -0.1) is 0 Å². The number of hydrogen-bond acceptors (Lipinski definition) is 0. The normalized spacial score (nSPS) is 20.8. The molecule has 0 amide bonds. The molecule has 0 radical (unpaired) electrons. The predicted molar refractivity (Wildman–Crippen MR) is 41.3 cm³/mol. The summed E-state index contributed by atoms with van der Waals surface area (Å²) in [6.07, 6.45) is 0. The molecular formula is C8H7Cl. The molecule has 0 nitrogen and oxygen atoms in total. The van der Waals surface area contributed by atoms with Crippen molar-refractivity contribution in [2.24, 2.45) is 0 Å². The molecule has 0 fully saturated rings. The number of halogens is 1. The molecule has 0 N–H and O–H groups in total. The van der Waals surface area contributed by atoms with Gasteiger partial charge in [0.05, 0.1) is 8.22 Å². The van der Waals surface area contributed by atoms with Crippen LogP contribution in [0.15, 0.2) is 35.7 Å². The van der Waals surface area contributed by atoms with Crippen molar-refractivity contribution >= 4 is 17.7 Å². The third-order valence-electron chi connectivity index (χ3n) is 0.699. The Balaban J connectivity index is 3.67. The molecular weight excluding hydrogens is 132 g/mol. The Morgan fingerprint density at radius 1 is 1.44 bits per heavy atom. The standard InChI is InChI=1S/C8H7Cl/c9-7-6-8-4-2-1-3-5-8/h1-7H/b7-6+/i1D,2D,3D,4D,5D,6D. The first kappa shape index (κ1) is 2.14. The summed E-state index contributed by atoms with van der Waals surface area (Å²) < 4.78 is 44.3. The molecule has 0 saturated heterocycles. The number of benzene rings is 1. The summed E-state index contributed by atoms with van der Waals surface area (Å²) >= 11 is 5.29. The van der Waals surface area contributed by atoms with Crippen LogP contribution in [-0.4, -0.2) is 0 Å². The lowest BCUT2D eigenvalue weighted by Crippen LogP contribution is -1.64. The maximum atomic E-state index is 7.48. The van der Waals surface area contributed by atoms with Gasteiger partial charge in [0.1, 0.15) is 0 Å². The van der Waals surface area contributed by atoms with E-state index in [0.717, 1.165) is 5.54 Å². The Hall–Kier alpha value is -0.750. The summed E-state index contributed by atoms with van der Waals surface area (Å²) in [5, 5.41) is 0. The summed E-state index contributed by atoms with van der Waals surface area (Å²) in [6, 6.07) is -2.53. The molecule has 0 unspecified atom stereocenters. The number of rotatable bonds is 1. The third kappa shape index (κ3) is 1.90. The van der Waals surface area contributed by atoms with Gasteiger partial charge in [-0.2, -0.15) is 0 Å². The first-order valence-electron chi connectivity index (χ1n) is 5.26. The molecule has 9 heavy (non-hydrogen) atoms. The van der Waals surface area contributed by atoms with Crippen molar-refractivity contribution in [3.63, 3.8) is 0 Å². The fourth-order valence-electron chi connectivity index (χ4n) is 0.377. The molecule has 0 bridgehead atoms. The van der Waals surface area contributed by atoms with E-state index in [-0.39, 0.29) is 11.6 Å². The average Bonchev–Trinajstić information content (AvgIpc) is 2.23. The third-order valence-corrected chi connectivity index (χ3v) is 0.808. The number of hydrogen-bond donors (Lipinski definition) is 0. The van der Waals surface area contributed by atoms with Gasteiger partial charge >= 0.3 is 0 Å². The van der Waals surface area contributed by atoms with E-state index in [0.29, 0.717) is 0 Å². The van der Waals surface area contributed by atoms with Crippen LogP contribution in [0.2, 0.25) is 0 Å². The van der Waals surface area contributed by atoms with E-state index in [1.807, 2.05) is 0 Å². The monoisotopic (exact) mass is 144 g/mol. The van der Waals surface area contributed by atoms with Gasteiger partial charge < -0.3 is 0 Å². The molecule has 1 aromatic rings. The molecule has 1 aromatic carbocycles. The Labute approximate surface area is 68.2 Å². The Morgan fingerprint density at radius 2 is 2.11 bits per heavy atom. The molecule has 0 aromatic heterocycles. The summed E-state index contributed by atoms with van der Waals surface area (Å²) in [7, 11) is 0. The molecule has 0 spiro atoms. The van der Waals surface area contributed by atoms with Gasteiger partial charge in [0.2, 0.25) is 0 Å². The highest BCUT2D eigenvalue weighted by Crippen LogP contribution is 2.00. The smallest absolute Gasteiger partial charge is 0.0638 e. The maximum absolute atomic E-state index is 7.48. The zero-order chi connectivity index (χ0) is 11.7. The van der Waals surface area contributed by atoms with Crippen molar-refractivity contribution in [1.29, 1.82) is 0 Å². The first-order valence-corrected chi connectivity index (χ1v) is 2.69. The van der Waals surface area contributed by atoms with Crippen LogP contribution < -0.4 is 0 Å². The Bertz CT molecular complexity index is 410. The summed E-state index contributed by atoms with van der Waals surface area (Å²) in [6.45, 7) is 0. The second-order valence-electron chi connectivity index (χ2n) is 1.25. The molecule has 0 aliphatic carbocycles. The quantitative estimate of drug-likeness (QED) is 0.569. The van der Waals surface area contributed by atoms with Crippen LogP contribution in [0.1, 0.15) is 13.8 Å². The lowest BCUT2D eigenvalue weighted by Gasteiger charge is -1.86. The topological polar surface area (TPSA) is 0 Å². The van der Waals surface area contributed by atoms with Gasteiger partial charge in [-0.1, -0.05) is 41.8 Å². The van der Waals surface area contributed by atoms with E-state index >= 15 is 0 Å². The van der Waals surface area contributed by atoms with Crippen LogP contribution >= 0.6 is 11.6 Å². The van der Waals surface area contributed by atoms with Gasteiger partial charge in [-0.3, -0.25) is 0 Å². The van der Waals surface area contributed by atoms with E-state index in [1.54, 1.807) is 0 Å². The van der Waals surface area contributed by atoms with E-state index in [9.17, 15) is 0 Å². The lowest BCUT2D eigenvalue weighted by atomic mass is 10.2. The minimum Gasteiger partial charge on any atom is -0.0929 e. The van der Waals surface area contributed by atoms with Crippen molar-refractivity contribution in [3.05, 3.63) is 41.3 Å². The van der Waals surface area contributed by atoms with Crippen LogP contribution in [0, 0.1) is 0 Å². The first-order chi connectivity index (χ1) is 6.91. The largest absolute Gasteiger partial charge is 0.0929 e. The van der Waals surface area contributed by atoms with Crippen LogP contribution in [0.3, 0.4) is 0 Å². The van der Waals surface area contributed by atoms with E-state index < -0.39 is 30.2 Å². The second-order valence-corrected chi connectivity index (χ2v) is 1.47. The molecule has 46 valence electrons. The lowest BCUT2D eigenvalue weighted by molar-refractivity contribution is 1.66. The SMILES string of the molecule is [2H]/C(=C\Cl)c1c([2H])c([2H])c([2H])c([2H])c1[2H]. The molecule has 0 atom stereocenters. The van der Waals surface area contributed by atoms with Crippen molar-refractivity contribution in [2.45, 2.75) is 0 Å². The molecule has 0 aliphatic heterocycles. The van der Waals surface area contributed by atoms with Crippen molar-refractivity contribution in [3.8, 4) is 0 Å². The fourth-order valence-corrected chi connectivity index (χ4v) is 0.486. The summed E-state index contributed by atoms with van der Waals surface area (Å²) in [5.41, 5.74) is 0.685. The minimum absolute atomic E-state index is 0.184. The van der Waals surface area contributed by atoms with E-state index in [2.05, 4.69) is 0 Å². The minimum atomic E-state index is -0.476. The summed E-state index contributed by atoms with van der Waals surface area (Å²) in [4.78, 5) is 0. The highest BCUT2D eigenvalue weighted by molar-refractivity contribution is 6.27. The van der Waals surface area contributed by atoms with Crippen LogP contribution in [0.25, 0.3) is 6.05 Å². The highest BCUT2D eigenvalue weighted by atomic mass is 35.5. The van der Waals surface area contributed by atoms with Gasteiger partial charge in [0.25, 0.3) is 0 Å². The predicted octanol–water partition coefficient (Wildman–Crippen LogP) is 2.90. The second kappa shape index (κ2) is 3.31. The molecule has 0 saturated carbocycles. The summed E-state index contributed by atoms with van der Waals surface area (Å²) in [5.74, 6) is 0. The Morgan fingerprint density at radius 3 is 2.67 bits per heavy atom. The van der Waals surface area contributed by atoms with Crippen LogP contribution in [0.5, 0.6) is 0 Å². The average molecular weight is 145 g/mol. The van der Waals surface area contributed by atoms with E-state index in [4.69, 9.17) is 19.8 Å². The van der Waals surface area contributed by atoms with Crippen LogP contribution in [0.4, 0.5) is 0 Å². The molecule has 1 heteroatoms. The van der Waals surface area contributed by atoms with Crippen molar-refractivity contribution in [1.82, 2.24) is 0 Å². The van der Waals surface area contributed by atoms with Gasteiger partial charge in [0, 0.05) is 5.54 Å². The maximum Gasteiger partial charge on any atom is 0.0638 e. The molecule has 1 rings (SSSR count). The van der Waals surface area contributed by atoms with Gasteiger partial charge in [-0.05, 0) is 11.6 Å². The van der Waals surface area contributed by atoms with Crippen molar-refractivity contribution < 1.29 is 8.22 Å². The Kier molecular flexibility index (Phi) is 0.785. The highest BCUT2D eigenvalue weighted by Gasteiger charge is 1.78. The van der Waals surface area contributed by atoms with Gasteiger partial charge in [0.15, 0.2) is 0 Å². The van der Waals surface area contributed by atoms with Gasteiger partial charge in [-0.25, -0.2) is 0 Å². The zero-order valence-electron chi connectivity index (χ0n) is 10.5.